The summed E-state index contributed by atoms with van der Waals surface area (Å²) in [4.78, 5) is 19.0. The minimum absolute atomic E-state index is 0.169. The summed E-state index contributed by atoms with van der Waals surface area (Å²) < 4.78 is 13.1. The minimum Gasteiger partial charge on any atom is -0.438 e. The van der Waals surface area contributed by atoms with Crippen LogP contribution in [-0.2, 0) is 11.3 Å². The lowest BCUT2D eigenvalue weighted by Gasteiger charge is -2.32. The zero-order valence-corrected chi connectivity index (χ0v) is 14.5. The molecule has 2 aromatic heterocycles. The highest BCUT2D eigenvalue weighted by atomic mass is 16.5. The second-order valence-electron chi connectivity index (χ2n) is 6.14. The first-order chi connectivity index (χ1) is 12.8. The van der Waals surface area contributed by atoms with Crippen molar-refractivity contribution in [2.75, 3.05) is 19.7 Å². The Hall–Kier alpha value is -2.93. The highest BCUT2D eigenvalue weighted by Gasteiger charge is 2.30. The summed E-state index contributed by atoms with van der Waals surface area (Å²) in [6, 6.07) is 9.57. The molecule has 1 aliphatic heterocycles. The maximum Gasteiger partial charge on any atom is 0.292 e. The van der Waals surface area contributed by atoms with Crippen LogP contribution in [0, 0.1) is 0 Å². The van der Waals surface area contributed by atoms with Crippen molar-refractivity contribution in [3.63, 3.8) is 0 Å². The number of carbonyl (C=O) groups is 1. The molecular formula is C19H20N4O3. The van der Waals surface area contributed by atoms with Crippen LogP contribution >= 0.6 is 0 Å². The molecule has 1 unspecified atom stereocenters. The van der Waals surface area contributed by atoms with E-state index in [9.17, 15) is 4.79 Å². The monoisotopic (exact) mass is 352 g/mol. The van der Waals surface area contributed by atoms with Crippen molar-refractivity contribution in [1.29, 1.82) is 0 Å². The van der Waals surface area contributed by atoms with Gasteiger partial charge in [0, 0.05) is 30.4 Å². The summed E-state index contributed by atoms with van der Waals surface area (Å²) in [5, 5.41) is 4.29. The van der Waals surface area contributed by atoms with Crippen LogP contribution in [0.2, 0.25) is 0 Å². The number of nitrogens with zero attached hydrogens (tertiary/aromatic N) is 4. The van der Waals surface area contributed by atoms with Gasteiger partial charge in [-0.3, -0.25) is 9.48 Å². The molecule has 0 spiro atoms. The van der Waals surface area contributed by atoms with Crippen molar-refractivity contribution in [3.05, 3.63) is 60.4 Å². The number of morpholine rings is 1. The normalized spacial score (nSPS) is 17.4. The van der Waals surface area contributed by atoms with Crippen molar-refractivity contribution in [2.45, 2.75) is 19.6 Å². The van der Waals surface area contributed by atoms with Gasteiger partial charge in [-0.05, 0) is 6.92 Å². The van der Waals surface area contributed by atoms with Crippen LogP contribution in [0.3, 0.4) is 0 Å². The van der Waals surface area contributed by atoms with E-state index in [-0.39, 0.29) is 17.8 Å². The van der Waals surface area contributed by atoms with Gasteiger partial charge in [-0.25, -0.2) is 4.98 Å². The number of ether oxygens (including phenoxy) is 1. The van der Waals surface area contributed by atoms with E-state index in [0.717, 1.165) is 17.7 Å². The Morgan fingerprint density at radius 3 is 2.92 bits per heavy atom. The fraction of sp³-hybridized carbons (Fsp3) is 0.316. The number of rotatable bonds is 4. The number of carbonyl (C=O) groups excluding carboxylic acids is 1. The zero-order chi connectivity index (χ0) is 17.9. The van der Waals surface area contributed by atoms with Crippen LogP contribution in [0.4, 0.5) is 0 Å². The molecule has 1 saturated heterocycles. The van der Waals surface area contributed by atoms with E-state index in [1.54, 1.807) is 11.1 Å². The molecule has 134 valence electrons. The summed E-state index contributed by atoms with van der Waals surface area (Å²) in [5.41, 5.74) is 2.40. The van der Waals surface area contributed by atoms with E-state index in [1.807, 2.05) is 48.1 Å². The highest BCUT2D eigenvalue weighted by Crippen LogP contribution is 2.26. The molecule has 7 heteroatoms. The number of benzene rings is 1. The van der Waals surface area contributed by atoms with E-state index in [2.05, 4.69) is 10.1 Å². The molecule has 0 bridgehead atoms. The predicted octanol–water partition coefficient (Wildman–Crippen LogP) is 2.77. The van der Waals surface area contributed by atoms with E-state index in [1.165, 1.54) is 6.39 Å². The predicted molar refractivity (Wildman–Crippen MR) is 94.4 cm³/mol. The van der Waals surface area contributed by atoms with Crippen LogP contribution in [0.1, 0.15) is 29.1 Å². The number of aryl methyl sites for hydroxylation is 1. The standard InChI is InChI=1S/C19H20N4O3/c1-2-23-11-15(10-21-23)16-12-22(8-9-25-16)19(24)18-17(20-13-26-18)14-6-4-3-5-7-14/h3-7,10-11,13,16H,2,8-9,12H2,1H3. The fourth-order valence-electron chi connectivity index (χ4n) is 3.10. The Labute approximate surface area is 151 Å². The number of hydrogen-bond donors (Lipinski definition) is 0. The Morgan fingerprint density at radius 1 is 1.31 bits per heavy atom. The molecule has 1 atom stereocenters. The van der Waals surface area contributed by atoms with Crippen LogP contribution in [-0.4, -0.2) is 45.3 Å². The largest absolute Gasteiger partial charge is 0.438 e. The maximum absolute atomic E-state index is 13.0. The van der Waals surface area contributed by atoms with Gasteiger partial charge in [-0.2, -0.15) is 5.10 Å². The van der Waals surface area contributed by atoms with Crippen LogP contribution in [0.5, 0.6) is 0 Å². The number of aromatic nitrogens is 3. The fourth-order valence-corrected chi connectivity index (χ4v) is 3.10. The quantitative estimate of drug-likeness (QED) is 0.722. The van der Waals surface area contributed by atoms with E-state index >= 15 is 0 Å². The number of oxazole rings is 1. The lowest BCUT2D eigenvalue weighted by atomic mass is 10.1. The highest BCUT2D eigenvalue weighted by molar-refractivity contribution is 5.97. The lowest BCUT2D eigenvalue weighted by Crippen LogP contribution is -2.42. The Kier molecular flexibility index (Phi) is 4.53. The average Bonchev–Trinajstić information content (AvgIpc) is 3.38. The van der Waals surface area contributed by atoms with Gasteiger partial charge < -0.3 is 14.1 Å². The number of amides is 1. The van der Waals surface area contributed by atoms with Gasteiger partial charge in [0.05, 0.1) is 19.3 Å². The molecule has 0 saturated carbocycles. The summed E-state index contributed by atoms with van der Waals surface area (Å²) >= 11 is 0. The molecule has 0 radical (unpaired) electrons. The van der Waals surface area contributed by atoms with E-state index in [0.29, 0.717) is 25.4 Å². The maximum atomic E-state index is 13.0. The van der Waals surface area contributed by atoms with E-state index in [4.69, 9.17) is 9.15 Å². The second kappa shape index (κ2) is 7.13. The summed E-state index contributed by atoms with van der Waals surface area (Å²) in [7, 11) is 0. The first-order valence-electron chi connectivity index (χ1n) is 8.68. The smallest absolute Gasteiger partial charge is 0.292 e. The van der Waals surface area contributed by atoms with Crippen molar-refractivity contribution >= 4 is 5.91 Å². The van der Waals surface area contributed by atoms with Crippen molar-refractivity contribution in [1.82, 2.24) is 19.7 Å². The van der Waals surface area contributed by atoms with Gasteiger partial charge in [-0.1, -0.05) is 30.3 Å². The summed E-state index contributed by atoms with van der Waals surface area (Å²) in [6.07, 6.45) is 4.89. The third kappa shape index (κ3) is 3.13. The molecule has 7 nitrogen and oxygen atoms in total. The van der Waals surface area contributed by atoms with Crippen LogP contribution in [0.25, 0.3) is 11.3 Å². The van der Waals surface area contributed by atoms with Gasteiger partial charge in [0.2, 0.25) is 5.76 Å². The third-order valence-corrected chi connectivity index (χ3v) is 4.51. The molecule has 1 aliphatic rings. The molecular weight excluding hydrogens is 332 g/mol. The number of hydrogen-bond acceptors (Lipinski definition) is 5. The average molecular weight is 352 g/mol. The summed E-state index contributed by atoms with van der Waals surface area (Å²) in [5.74, 6) is 0.0960. The summed E-state index contributed by atoms with van der Waals surface area (Å²) in [6.45, 7) is 4.29. The molecule has 0 N–H and O–H groups in total. The molecule has 3 aromatic rings. The van der Waals surface area contributed by atoms with Gasteiger partial charge in [0.1, 0.15) is 11.8 Å². The van der Waals surface area contributed by atoms with Gasteiger partial charge in [-0.15, -0.1) is 0 Å². The minimum atomic E-state index is -0.184. The van der Waals surface area contributed by atoms with Crippen LogP contribution < -0.4 is 0 Å². The van der Waals surface area contributed by atoms with Gasteiger partial charge in [0.25, 0.3) is 5.91 Å². The third-order valence-electron chi connectivity index (χ3n) is 4.51. The molecule has 3 heterocycles. The topological polar surface area (TPSA) is 73.4 Å². The van der Waals surface area contributed by atoms with Gasteiger partial charge in [0.15, 0.2) is 6.39 Å². The SMILES string of the molecule is CCn1cc(C2CN(C(=O)c3ocnc3-c3ccccc3)CCO2)cn1. The Bertz CT molecular complexity index is 887. The van der Waals surface area contributed by atoms with Crippen LogP contribution in [0.15, 0.2) is 53.5 Å². The van der Waals surface area contributed by atoms with Gasteiger partial charge >= 0.3 is 0 Å². The Balaban J connectivity index is 1.54. The molecule has 0 aliphatic carbocycles. The van der Waals surface area contributed by atoms with Crippen molar-refractivity contribution < 1.29 is 13.9 Å². The molecule has 1 amide bonds. The molecule has 4 rings (SSSR count). The zero-order valence-electron chi connectivity index (χ0n) is 14.5. The van der Waals surface area contributed by atoms with Crippen molar-refractivity contribution in [3.8, 4) is 11.3 Å². The Morgan fingerprint density at radius 2 is 2.15 bits per heavy atom. The second-order valence-corrected chi connectivity index (χ2v) is 6.14. The van der Waals surface area contributed by atoms with Crippen molar-refractivity contribution in [2.24, 2.45) is 0 Å². The molecule has 1 fully saturated rings. The first kappa shape index (κ1) is 16.5. The first-order valence-corrected chi connectivity index (χ1v) is 8.68. The lowest BCUT2D eigenvalue weighted by molar-refractivity contribution is -0.0237. The molecule has 26 heavy (non-hydrogen) atoms. The molecule has 1 aromatic carbocycles. The van der Waals surface area contributed by atoms with E-state index < -0.39 is 0 Å².